The predicted molar refractivity (Wildman–Crippen MR) is 82.5 cm³/mol. The Labute approximate surface area is 131 Å². The van der Waals surface area contributed by atoms with Crippen LogP contribution in [0.5, 0.6) is 0 Å². The Morgan fingerprint density at radius 1 is 1.36 bits per heavy atom. The van der Waals surface area contributed by atoms with Crippen molar-refractivity contribution in [1.29, 1.82) is 0 Å². The van der Waals surface area contributed by atoms with Crippen molar-refractivity contribution in [3.05, 3.63) is 17.0 Å². The maximum Gasteiger partial charge on any atom is 0.326 e. The molecule has 1 fully saturated rings. The average Bonchev–Trinajstić information content (AvgIpc) is 2.72. The quantitative estimate of drug-likeness (QED) is 0.918. The molecule has 6 heteroatoms. The van der Waals surface area contributed by atoms with Crippen molar-refractivity contribution in [2.75, 3.05) is 6.54 Å². The second-order valence-electron chi connectivity index (χ2n) is 6.26. The number of hydrogen-bond acceptors (Lipinski definition) is 3. The van der Waals surface area contributed by atoms with E-state index in [4.69, 9.17) is 0 Å². The molecule has 1 unspecified atom stereocenters. The number of hydrogen-bond donors (Lipinski definition) is 1. The highest BCUT2D eigenvalue weighted by Gasteiger charge is 2.34. The Bertz CT molecular complexity index is 579. The van der Waals surface area contributed by atoms with Gasteiger partial charge in [-0.25, -0.2) is 4.79 Å². The molecule has 0 saturated carbocycles. The van der Waals surface area contributed by atoms with Gasteiger partial charge in [0.25, 0.3) is 0 Å². The van der Waals surface area contributed by atoms with E-state index < -0.39 is 12.0 Å². The SMILES string of the molecule is Cc1nn(C)c(C)c1CC(C)C(=O)N1CCCC[C@@H]1C(=O)O. The van der Waals surface area contributed by atoms with Crippen molar-refractivity contribution in [2.45, 2.75) is 52.5 Å². The highest BCUT2D eigenvalue weighted by Crippen LogP contribution is 2.23. The standard InChI is InChI=1S/C16H25N3O3/c1-10(9-13-11(2)17-18(4)12(13)3)15(20)19-8-6-5-7-14(19)16(21)22/h10,14H,5-9H2,1-4H3,(H,21,22)/t10?,14-/m1/s1. The summed E-state index contributed by atoms with van der Waals surface area (Å²) < 4.78 is 1.82. The third-order valence-corrected chi connectivity index (χ3v) is 4.66. The lowest BCUT2D eigenvalue weighted by molar-refractivity contribution is -0.153. The van der Waals surface area contributed by atoms with E-state index in [0.29, 0.717) is 19.4 Å². The zero-order valence-electron chi connectivity index (χ0n) is 13.8. The topological polar surface area (TPSA) is 75.4 Å². The number of nitrogens with zero attached hydrogens (tertiary/aromatic N) is 3. The maximum absolute atomic E-state index is 12.7. The second kappa shape index (κ2) is 6.50. The summed E-state index contributed by atoms with van der Waals surface area (Å²) >= 11 is 0. The number of carboxylic acid groups (broad SMARTS) is 1. The first kappa shape index (κ1) is 16.5. The molecule has 1 amide bonds. The molecule has 2 rings (SSSR count). The molecule has 2 atom stereocenters. The lowest BCUT2D eigenvalue weighted by Crippen LogP contribution is -2.50. The molecule has 1 saturated heterocycles. The number of aryl methyl sites for hydroxylation is 2. The Morgan fingerprint density at radius 2 is 2.05 bits per heavy atom. The Balaban J connectivity index is 2.12. The van der Waals surface area contributed by atoms with E-state index in [2.05, 4.69) is 5.10 Å². The number of aromatic nitrogens is 2. The third kappa shape index (κ3) is 3.15. The largest absolute Gasteiger partial charge is 0.480 e. The van der Waals surface area contributed by atoms with Gasteiger partial charge >= 0.3 is 5.97 Å². The molecule has 1 aromatic rings. The van der Waals surface area contributed by atoms with Crippen molar-refractivity contribution in [2.24, 2.45) is 13.0 Å². The molecule has 6 nitrogen and oxygen atoms in total. The number of piperidine rings is 1. The number of carbonyl (C=O) groups excluding carboxylic acids is 1. The van der Waals surface area contributed by atoms with E-state index in [1.54, 1.807) is 4.90 Å². The Kier molecular flexibility index (Phi) is 4.88. The average molecular weight is 307 g/mol. The molecule has 0 spiro atoms. The number of amides is 1. The normalized spacial score (nSPS) is 20.0. The number of aliphatic carboxylic acids is 1. The van der Waals surface area contributed by atoms with Crippen LogP contribution >= 0.6 is 0 Å². The molecule has 0 bridgehead atoms. The van der Waals surface area contributed by atoms with Crippen molar-refractivity contribution in [3.63, 3.8) is 0 Å². The number of rotatable bonds is 4. The van der Waals surface area contributed by atoms with Gasteiger partial charge in [-0.05, 0) is 45.1 Å². The summed E-state index contributed by atoms with van der Waals surface area (Å²) in [5.74, 6) is -1.19. The Morgan fingerprint density at radius 3 is 2.59 bits per heavy atom. The number of likely N-dealkylation sites (tertiary alicyclic amines) is 1. The van der Waals surface area contributed by atoms with E-state index in [1.807, 2.05) is 32.5 Å². The van der Waals surface area contributed by atoms with E-state index in [9.17, 15) is 14.7 Å². The zero-order valence-corrected chi connectivity index (χ0v) is 13.8. The minimum atomic E-state index is -0.894. The van der Waals surface area contributed by atoms with Crippen LogP contribution in [-0.4, -0.2) is 44.3 Å². The Hall–Kier alpha value is -1.85. The fourth-order valence-corrected chi connectivity index (χ4v) is 3.24. The summed E-state index contributed by atoms with van der Waals surface area (Å²) in [7, 11) is 1.89. The lowest BCUT2D eigenvalue weighted by atomic mass is 9.95. The van der Waals surface area contributed by atoms with Gasteiger partial charge in [-0.15, -0.1) is 0 Å². The molecule has 1 aliphatic rings. The second-order valence-corrected chi connectivity index (χ2v) is 6.26. The van der Waals surface area contributed by atoms with E-state index in [0.717, 1.165) is 29.8 Å². The van der Waals surface area contributed by atoms with Gasteiger partial charge in [0.05, 0.1) is 5.69 Å². The van der Waals surface area contributed by atoms with Crippen molar-refractivity contribution < 1.29 is 14.7 Å². The molecular formula is C16H25N3O3. The van der Waals surface area contributed by atoms with Gasteiger partial charge in [-0.1, -0.05) is 6.92 Å². The molecule has 122 valence electrons. The summed E-state index contributed by atoms with van der Waals surface area (Å²) in [6.07, 6.45) is 2.91. The zero-order chi connectivity index (χ0) is 16.4. The van der Waals surface area contributed by atoms with E-state index in [-0.39, 0.29) is 11.8 Å². The molecular weight excluding hydrogens is 282 g/mol. The third-order valence-electron chi connectivity index (χ3n) is 4.66. The van der Waals surface area contributed by atoms with Gasteiger partial charge in [0.2, 0.25) is 5.91 Å². The van der Waals surface area contributed by atoms with Gasteiger partial charge in [-0.3, -0.25) is 9.48 Å². The highest BCUT2D eigenvalue weighted by atomic mass is 16.4. The van der Waals surface area contributed by atoms with Crippen LogP contribution < -0.4 is 0 Å². The van der Waals surface area contributed by atoms with Crippen LogP contribution in [0, 0.1) is 19.8 Å². The van der Waals surface area contributed by atoms with Crippen molar-refractivity contribution in [1.82, 2.24) is 14.7 Å². The minimum absolute atomic E-state index is 0.0604. The van der Waals surface area contributed by atoms with E-state index >= 15 is 0 Å². The molecule has 2 heterocycles. The monoisotopic (exact) mass is 307 g/mol. The molecule has 0 aliphatic carbocycles. The first-order valence-electron chi connectivity index (χ1n) is 7.85. The van der Waals surface area contributed by atoms with Gasteiger partial charge in [0.15, 0.2) is 0 Å². The molecule has 1 aromatic heterocycles. The maximum atomic E-state index is 12.7. The first-order chi connectivity index (χ1) is 10.3. The summed E-state index contributed by atoms with van der Waals surface area (Å²) in [4.78, 5) is 25.6. The summed E-state index contributed by atoms with van der Waals surface area (Å²) in [6.45, 7) is 6.36. The van der Waals surface area contributed by atoms with Crippen LogP contribution in [0.4, 0.5) is 0 Å². The fourth-order valence-electron chi connectivity index (χ4n) is 3.24. The van der Waals surface area contributed by atoms with Gasteiger partial charge in [0, 0.05) is 25.2 Å². The number of carboxylic acids is 1. The lowest BCUT2D eigenvalue weighted by Gasteiger charge is -2.34. The van der Waals surface area contributed by atoms with Crippen molar-refractivity contribution >= 4 is 11.9 Å². The van der Waals surface area contributed by atoms with Crippen molar-refractivity contribution in [3.8, 4) is 0 Å². The minimum Gasteiger partial charge on any atom is -0.480 e. The van der Waals surface area contributed by atoms with Gasteiger partial charge < -0.3 is 10.0 Å². The fraction of sp³-hybridized carbons (Fsp3) is 0.688. The summed E-state index contributed by atoms with van der Waals surface area (Å²) in [6, 6.07) is -0.667. The molecule has 22 heavy (non-hydrogen) atoms. The molecule has 1 aliphatic heterocycles. The summed E-state index contributed by atoms with van der Waals surface area (Å²) in [5.41, 5.74) is 3.09. The van der Waals surface area contributed by atoms with Crippen LogP contribution in [0.1, 0.15) is 43.1 Å². The molecule has 0 aromatic carbocycles. The van der Waals surface area contributed by atoms with Crippen LogP contribution in [0.2, 0.25) is 0 Å². The smallest absolute Gasteiger partial charge is 0.326 e. The van der Waals surface area contributed by atoms with Crippen LogP contribution in [0.3, 0.4) is 0 Å². The number of carbonyl (C=O) groups is 2. The molecule has 0 radical (unpaired) electrons. The van der Waals surface area contributed by atoms with Crippen LogP contribution in [-0.2, 0) is 23.1 Å². The van der Waals surface area contributed by atoms with Crippen LogP contribution in [0.15, 0.2) is 0 Å². The predicted octanol–water partition coefficient (Wildman–Crippen LogP) is 1.68. The van der Waals surface area contributed by atoms with Crippen LogP contribution in [0.25, 0.3) is 0 Å². The van der Waals surface area contributed by atoms with Gasteiger partial charge in [0.1, 0.15) is 6.04 Å². The molecule has 1 N–H and O–H groups in total. The van der Waals surface area contributed by atoms with E-state index in [1.165, 1.54) is 0 Å². The first-order valence-corrected chi connectivity index (χ1v) is 7.85. The van der Waals surface area contributed by atoms with Gasteiger partial charge in [-0.2, -0.15) is 5.10 Å². The highest BCUT2D eigenvalue weighted by molar-refractivity contribution is 5.85. The summed E-state index contributed by atoms with van der Waals surface area (Å²) in [5, 5.41) is 13.7.